The predicted molar refractivity (Wildman–Crippen MR) is 136 cm³/mol. The number of aryl methyl sites for hydroxylation is 1. The molecule has 0 amide bonds. The van der Waals surface area contributed by atoms with Crippen LogP contribution in [0.25, 0.3) is 0 Å². The van der Waals surface area contributed by atoms with Gasteiger partial charge in [-0.2, -0.15) is 0 Å². The van der Waals surface area contributed by atoms with E-state index >= 15 is 0 Å². The summed E-state index contributed by atoms with van der Waals surface area (Å²) < 4.78 is 0. The van der Waals surface area contributed by atoms with E-state index in [1.165, 1.54) is 26.7 Å². The summed E-state index contributed by atoms with van der Waals surface area (Å²) in [6, 6.07) is 30.8. The zero-order valence-electron chi connectivity index (χ0n) is 18.9. The average molecular weight is 412 g/mol. The Kier molecular flexibility index (Phi) is 19.5. The Morgan fingerprint density at radius 1 is 0.517 bits per heavy atom. The molecular weight excluding hydrogens is 368 g/mol. The van der Waals surface area contributed by atoms with Crippen LogP contribution >= 0.6 is 0 Å². The van der Waals surface area contributed by atoms with E-state index in [2.05, 4.69) is 91.9 Å². The Morgan fingerprint density at radius 3 is 1.21 bits per heavy atom. The van der Waals surface area contributed by atoms with E-state index in [1.54, 1.807) is 0 Å². The molecule has 0 nitrogen and oxygen atoms in total. The van der Waals surface area contributed by atoms with E-state index in [9.17, 15) is 0 Å². The summed E-state index contributed by atoms with van der Waals surface area (Å²) in [5, 5.41) is 0. The summed E-state index contributed by atoms with van der Waals surface area (Å²) in [7, 11) is -0.0268. The fourth-order valence-electron chi connectivity index (χ4n) is 2.60. The molecule has 0 spiro atoms. The van der Waals surface area contributed by atoms with Gasteiger partial charge in [-0.1, -0.05) is 111 Å². The van der Waals surface area contributed by atoms with Gasteiger partial charge in [0.15, 0.2) is 14.7 Å². The van der Waals surface area contributed by atoms with E-state index in [0.29, 0.717) is 0 Å². The fourth-order valence-corrected chi connectivity index (χ4v) is 4.69. The molecule has 0 fully saturated rings. The Balaban J connectivity index is 0. The maximum Gasteiger partial charge on any atom is 0.166 e. The van der Waals surface area contributed by atoms with Crippen molar-refractivity contribution in [3.63, 3.8) is 0 Å². The van der Waals surface area contributed by atoms with Gasteiger partial charge >= 0.3 is 0 Å². The van der Waals surface area contributed by atoms with Crippen LogP contribution < -0.4 is 0 Å². The lowest BCUT2D eigenvalue weighted by atomic mass is 10.1. The molecule has 3 rings (SSSR count). The SMILES string of the molecule is C.CC.CC.CC.CCCc1ccc([S+](c2ccccc2)c2ccccc2)cc1. The molecule has 0 saturated carbocycles. The summed E-state index contributed by atoms with van der Waals surface area (Å²) in [4.78, 5) is 4.13. The van der Waals surface area contributed by atoms with E-state index in [4.69, 9.17) is 0 Å². The quantitative estimate of drug-likeness (QED) is 0.367. The molecule has 29 heavy (non-hydrogen) atoms. The van der Waals surface area contributed by atoms with Crippen LogP contribution in [-0.2, 0) is 17.3 Å². The number of benzene rings is 3. The minimum absolute atomic E-state index is 0. The third-order valence-electron chi connectivity index (χ3n) is 3.66. The number of rotatable bonds is 5. The summed E-state index contributed by atoms with van der Waals surface area (Å²) in [6.07, 6.45) is 2.35. The molecule has 0 radical (unpaired) electrons. The molecular formula is C28H43S+. The van der Waals surface area contributed by atoms with Crippen LogP contribution in [-0.4, -0.2) is 0 Å². The third kappa shape index (κ3) is 9.85. The van der Waals surface area contributed by atoms with Crippen LogP contribution in [0.2, 0.25) is 0 Å². The van der Waals surface area contributed by atoms with E-state index in [1.807, 2.05) is 41.5 Å². The maximum atomic E-state index is 2.30. The maximum absolute atomic E-state index is 2.30. The van der Waals surface area contributed by atoms with Gasteiger partial charge in [0.05, 0.1) is 10.9 Å². The van der Waals surface area contributed by atoms with Crippen LogP contribution in [0.4, 0.5) is 0 Å². The summed E-state index contributed by atoms with van der Waals surface area (Å²) >= 11 is 0. The van der Waals surface area contributed by atoms with E-state index in [0.717, 1.165) is 6.42 Å². The van der Waals surface area contributed by atoms with Crippen LogP contribution in [0.15, 0.2) is 99.6 Å². The molecule has 0 N–H and O–H groups in total. The summed E-state index contributed by atoms with van der Waals surface area (Å²) in [6.45, 7) is 14.2. The van der Waals surface area contributed by atoms with Crippen molar-refractivity contribution in [2.24, 2.45) is 0 Å². The van der Waals surface area contributed by atoms with Crippen molar-refractivity contribution >= 4 is 10.9 Å². The normalized spacial score (nSPS) is 8.83. The van der Waals surface area contributed by atoms with Crippen molar-refractivity contribution in [3.8, 4) is 0 Å². The monoisotopic (exact) mass is 411 g/mol. The fraction of sp³-hybridized carbons (Fsp3) is 0.357. The molecule has 0 bridgehead atoms. The van der Waals surface area contributed by atoms with Crippen LogP contribution in [0.1, 0.15) is 67.9 Å². The van der Waals surface area contributed by atoms with Crippen molar-refractivity contribution in [2.75, 3.05) is 0 Å². The van der Waals surface area contributed by atoms with Crippen molar-refractivity contribution in [1.29, 1.82) is 0 Å². The lowest BCUT2D eigenvalue weighted by molar-refractivity contribution is 0.920. The van der Waals surface area contributed by atoms with Gasteiger partial charge in [0, 0.05) is 0 Å². The highest BCUT2D eigenvalue weighted by molar-refractivity contribution is 7.97. The van der Waals surface area contributed by atoms with Gasteiger partial charge < -0.3 is 0 Å². The van der Waals surface area contributed by atoms with Gasteiger partial charge in [-0.05, 0) is 48.4 Å². The molecule has 0 aliphatic carbocycles. The largest absolute Gasteiger partial charge is 0.166 e. The highest BCUT2D eigenvalue weighted by Crippen LogP contribution is 2.31. The highest BCUT2D eigenvalue weighted by atomic mass is 32.2. The van der Waals surface area contributed by atoms with Crippen molar-refractivity contribution in [3.05, 3.63) is 90.5 Å². The minimum atomic E-state index is -0.0268. The molecule has 0 aliphatic heterocycles. The van der Waals surface area contributed by atoms with Crippen LogP contribution in [0.5, 0.6) is 0 Å². The molecule has 0 aliphatic rings. The van der Waals surface area contributed by atoms with E-state index in [-0.39, 0.29) is 18.3 Å². The first-order valence-electron chi connectivity index (χ1n) is 10.8. The first-order valence-corrected chi connectivity index (χ1v) is 12.0. The highest BCUT2D eigenvalue weighted by Gasteiger charge is 2.27. The van der Waals surface area contributed by atoms with Gasteiger partial charge in [0.1, 0.15) is 0 Å². The lowest BCUT2D eigenvalue weighted by Gasteiger charge is -2.08. The second-order valence-corrected chi connectivity index (χ2v) is 7.35. The van der Waals surface area contributed by atoms with Crippen molar-refractivity contribution < 1.29 is 0 Å². The van der Waals surface area contributed by atoms with Crippen molar-refractivity contribution in [2.45, 2.75) is 83.4 Å². The summed E-state index contributed by atoms with van der Waals surface area (Å²) in [5.74, 6) is 0. The Morgan fingerprint density at radius 2 is 0.862 bits per heavy atom. The first kappa shape index (κ1) is 29.2. The smallest absolute Gasteiger partial charge is 0.0776 e. The Labute approximate surface area is 184 Å². The third-order valence-corrected chi connectivity index (χ3v) is 5.89. The molecule has 160 valence electrons. The average Bonchev–Trinajstić information content (AvgIpc) is 2.81. The lowest BCUT2D eigenvalue weighted by Crippen LogP contribution is -2.04. The van der Waals surface area contributed by atoms with Gasteiger partial charge in [-0.3, -0.25) is 0 Å². The molecule has 0 saturated heterocycles. The van der Waals surface area contributed by atoms with Gasteiger partial charge in [-0.25, -0.2) is 0 Å². The molecule has 0 atom stereocenters. The standard InChI is InChI=1S/C21H21S.3C2H6.CH4/c1-2-9-18-14-16-21(17-15-18)22(19-10-5-3-6-11-19)20-12-7-4-8-13-20;3*1-2;/h3-8,10-17H,2,9H2,1H3;3*1-2H3;1H4/q+1;;;;. The zero-order valence-corrected chi connectivity index (χ0v) is 19.7. The zero-order chi connectivity index (χ0) is 21.2. The summed E-state index contributed by atoms with van der Waals surface area (Å²) in [5.41, 5.74) is 1.43. The van der Waals surface area contributed by atoms with Crippen LogP contribution in [0.3, 0.4) is 0 Å². The number of hydrogen-bond donors (Lipinski definition) is 0. The Bertz CT molecular complexity index is 648. The number of hydrogen-bond acceptors (Lipinski definition) is 0. The topological polar surface area (TPSA) is 0 Å². The second kappa shape index (κ2) is 19.3. The van der Waals surface area contributed by atoms with Gasteiger partial charge in [-0.15, -0.1) is 0 Å². The first-order chi connectivity index (χ1) is 13.9. The van der Waals surface area contributed by atoms with Crippen molar-refractivity contribution in [1.82, 2.24) is 0 Å². The molecule has 3 aromatic rings. The van der Waals surface area contributed by atoms with Gasteiger partial charge in [0.2, 0.25) is 0 Å². The minimum Gasteiger partial charge on any atom is -0.0776 e. The molecule has 0 unspecified atom stereocenters. The second-order valence-electron chi connectivity index (χ2n) is 5.33. The molecule has 0 heterocycles. The molecule has 3 aromatic carbocycles. The van der Waals surface area contributed by atoms with Crippen LogP contribution in [0, 0.1) is 0 Å². The van der Waals surface area contributed by atoms with E-state index < -0.39 is 0 Å². The van der Waals surface area contributed by atoms with Gasteiger partial charge in [0.25, 0.3) is 0 Å². The predicted octanol–water partition coefficient (Wildman–Crippen LogP) is 9.45. The Hall–Kier alpha value is -1.99. The molecule has 0 aromatic heterocycles. The molecule has 1 heteroatoms.